The van der Waals surface area contributed by atoms with Crippen molar-refractivity contribution in [3.63, 3.8) is 0 Å². The molecule has 1 saturated heterocycles. The smallest absolute Gasteiger partial charge is 0.325 e. The number of nitriles is 1. The SMILES string of the molecule is COc1cccc2c([C@H](C(=O)O)N3CCN(c4nc5c(cc4C#N)CCCC5)CC3)c[nH]c12. The summed E-state index contributed by atoms with van der Waals surface area (Å²) in [5.74, 6) is 0.550. The number of aromatic amines is 1. The third kappa shape index (κ3) is 3.79. The summed E-state index contributed by atoms with van der Waals surface area (Å²) in [7, 11) is 1.60. The molecule has 0 saturated carbocycles. The summed E-state index contributed by atoms with van der Waals surface area (Å²) in [5.41, 5.74) is 4.45. The van der Waals surface area contributed by atoms with Gasteiger partial charge in [-0.15, -0.1) is 0 Å². The molecule has 3 heterocycles. The van der Waals surface area contributed by atoms with Gasteiger partial charge in [-0.1, -0.05) is 12.1 Å². The number of nitrogens with zero attached hydrogens (tertiary/aromatic N) is 4. The first-order chi connectivity index (χ1) is 16.1. The van der Waals surface area contributed by atoms with E-state index in [0.717, 1.165) is 53.7 Å². The lowest BCUT2D eigenvalue weighted by molar-refractivity contribution is -0.143. The predicted octanol–water partition coefficient (Wildman–Crippen LogP) is 3.27. The monoisotopic (exact) mass is 445 g/mol. The third-order valence-corrected chi connectivity index (χ3v) is 6.84. The van der Waals surface area contributed by atoms with Gasteiger partial charge >= 0.3 is 5.97 Å². The number of hydrogen-bond acceptors (Lipinski definition) is 6. The Kier molecular flexibility index (Phi) is 5.65. The number of carboxylic acid groups (broad SMARTS) is 1. The molecule has 0 radical (unpaired) electrons. The summed E-state index contributed by atoms with van der Waals surface area (Å²) < 4.78 is 5.42. The van der Waals surface area contributed by atoms with Crippen molar-refractivity contribution in [2.45, 2.75) is 31.7 Å². The average Bonchev–Trinajstić information content (AvgIpc) is 3.27. The Labute approximate surface area is 192 Å². The second-order valence-corrected chi connectivity index (χ2v) is 8.67. The quantitative estimate of drug-likeness (QED) is 0.621. The normalized spacial score (nSPS) is 17.4. The number of carbonyl (C=O) groups is 1. The van der Waals surface area contributed by atoms with Crippen molar-refractivity contribution in [2.75, 3.05) is 38.2 Å². The number of piperazine rings is 1. The Balaban J connectivity index is 1.39. The summed E-state index contributed by atoms with van der Waals surface area (Å²) in [4.78, 5) is 24.5. The van der Waals surface area contributed by atoms with Gasteiger partial charge in [0.15, 0.2) is 0 Å². The van der Waals surface area contributed by atoms with Gasteiger partial charge in [0.05, 0.1) is 18.2 Å². The molecule has 3 aromatic rings. The van der Waals surface area contributed by atoms with Gasteiger partial charge in [0.2, 0.25) is 0 Å². The number of aliphatic carboxylic acids is 1. The van der Waals surface area contributed by atoms with E-state index in [1.165, 1.54) is 5.56 Å². The van der Waals surface area contributed by atoms with Crippen LogP contribution < -0.4 is 9.64 Å². The van der Waals surface area contributed by atoms with Crippen LogP contribution in [0.1, 0.15) is 41.3 Å². The number of hydrogen-bond donors (Lipinski definition) is 2. The van der Waals surface area contributed by atoms with Crippen molar-refractivity contribution in [3.8, 4) is 11.8 Å². The van der Waals surface area contributed by atoms with Crippen molar-refractivity contribution in [1.82, 2.24) is 14.9 Å². The summed E-state index contributed by atoms with van der Waals surface area (Å²) in [6, 6.07) is 9.21. The number of ether oxygens (including phenoxy) is 1. The first-order valence-electron chi connectivity index (χ1n) is 11.4. The maximum absolute atomic E-state index is 12.4. The lowest BCUT2D eigenvalue weighted by Crippen LogP contribution is -2.49. The van der Waals surface area contributed by atoms with Crippen molar-refractivity contribution in [3.05, 3.63) is 52.8 Å². The Morgan fingerprint density at radius 3 is 2.76 bits per heavy atom. The second-order valence-electron chi connectivity index (χ2n) is 8.67. The fourth-order valence-corrected chi connectivity index (χ4v) is 5.17. The molecule has 1 fully saturated rings. The van der Waals surface area contributed by atoms with Crippen molar-refractivity contribution in [1.29, 1.82) is 5.26 Å². The molecule has 0 amide bonds. The van der Waals surface area contributed by atoms with Crippen molar-refractivity contribution in [2.24, 2.45) is 0 Å². The van der Waals surface area contributed by atoms with Crippen LogP contribution in [0.2, 0.25) is 0 Å². The summed E-state index contributed by atoms with van der Waals surface area (Å²) in [5, 5.41) is 20.7. The number of anilines is 1. The molecule has 1 aromatic carbocycles. The van der Waals surface area contributed by atoms with Crippen LogP contribution in [0.25, 0.3) is 10.9 Å². The topological polar surface area (TPSA) is 105 Å². The van der Waals surface area contributed by atoms with E-state index >= 15 is 0 Å². The van der Waals surface area contributed by atoms with E-state index in [-0.39, 0.29) is 0 Å². The molecule has 1 atom stereocenters. The highest BCUT2D eigenvalue weighted by atomic mass is 16.5. The number of fused-ring (bicyclic) bond motifs is 2. The number of carboxylic acids is 1. The molecule has 170 valence electrons. The number of nitrogens with one attached hydrogen (secondary N) is 1. The van der Waals surface area contributed by atoms with Crippen molar-refractivity contribution >= 4 is 22.7 Å². The fourth-order valence-electron chi connectivity index (χ4n) is 5.17. The Bertz CT molecular complexity index is 1240. The van der Waals surface area contributed by atoms with E-state index in [4.69, 9.17) is 9.72 Å². The summed E-state index contributed by atoms with van der Waals surface area (Å²) in [6.07, 6.45) is 6.00. The van der Waals surface area contributed by atoms with Crippen molar-refractivity contribution < 1.29 is 14.6 Å². The van der Waals surface area contributed by atoms with Gasteiger partial charge < -0.3 is 19.7 Å². The molecule has 2 N–H and O–H groups in total. The first kappa shape index (κ1) is 21.3. The summed E-state index contributed by atoms with van der Waals surface area (Å²) in [6.45, 7) is 2.38. The van der Waals surface area contributed by atoms with Gasteiger partial charge in [0.25, 0.3) is 0 Å². The van der Waals surface area contributed by atoms with Crippen LogP contribution in [0.3, 0.4) is 0 Å². The highest BCUT2D eigenvalue weighted by Gasteiger charge is 2.33. The van der Waals surface area contributed by atoms with Crippen LogP contribution in [0.5, 0.6) is 5.75 Å². The van der Waals surface area contributed by atoms with E-state index in [2.05, 4.69) is 16.0 Å². The molecular weight excluding hydrogens is 418 g/mol. The van der Waals surface area contributed by atoms with Gasteiger partial charge in [0, 0.05) is 49.0 Å². The maximum Gasteiger partial charge on any atom is 0.325 e. The second kappa shape index (κ2) is 8.75. The van der Waals surface area contributed by atoms with Crippen LogP contribution >= 0.6 is 0 Å². The molecule has 0 bridgehead atoms. The molecule has 8 nitrogen and oxygen atoms in total. The highest BCUT2D eigenvalue weighted by molar-refractivity contribution is 5.92. The Morgan fingerprint density at radius 2 is 2.03 bits per heavy atom. The fraction of sp³-hybridized carbons (Fsp3) is 0.400. The van der Waals surface area contributed by atoms with Gasteiger partial charge in [-0.3, -0.25) is 9.69 Å². The number of benzene rings is 1. The lowest BCUT2D eigenvalue weighted by Gasteiger charge is -2.38. The average molecular weight is 446 g/mol. The Hall–Kier alpha value is -3.57. The van der Waals surface area contributed by atoms with E-state index in [9.17, 15) is 15.2 Å². The van der Waals surface area contributed by atoms with E-state index < -0.39 is 12.0 Å². The number of pyridine rings is 1. The van der Waals surface area contributed by atoms with Crippen LogP contribution in [0, 0.1) is 11.3 Å². The molecule has 1 aliphatic carbocycles. The molecule has 5 rings (SSSR count). The van der Waals surface area contributed by atoms with E-state index in [1.54, 1.807) is 13.3 Å². The number of aromatic nitrogens is 2. The molecule has 2 aromatic heterocycles. The number of aryl methyl sites for hydroxylation is 2. The molecule has 0 spiro atoms. The van der Waals surface area contributed by atoms with Crippen LogP contribution in [-0.4, -0.2) is 59.2 Å². The minimum absolute atomic E-state index is 0.567. The third-order valence-electron chi connectivity index (χ3n) is 6.84. The number of H-pyrrole nitrogens is 1. The van der Waals surface area contributed by atoms with Crippen LogP contribution in [0.15, 0.2) is 30.5 Å². The zero-order valence-electron chi connectivity index (χ0n) is 18.7. The van der Waals surface area contributed by atoms with E-state index in [1.807, 2.05) is 29.2 Å². The van der Waals surface area contributed by atoms with Gasteiger partial charge in [-0.25, -0.2) is 4.98 Å². The van der Waals surface area contributed by atoms with Gasteiger partial charge in [-0.05, 0) is 43.4 Å². The van der Waals surface area contributed by atoms with Crippen LogP contribution in [-0.2, 0) is 17.6 Å². The lowest BCUT2D eigenvalue weighted by atomic mass is 9.94. The first-order valence-corrected chi connectivity index (χ1v) is 11.4. The molecule has 0 unspecified atom stereocenters. The zero-order valence-corrected chi connectivity index (χ0v) is 18.7. The maximum atomic E-state index is 12.4. The minimum atomic E-state index is -0.878. The summed E-state index contributed by atoms with van der Waals surface area (Å²) >= 11 is 0. The number of methoxy groups -OCH3 is 1. The highest BCUT2D eigenvalue weighted by Crippen LogP contribution is 2.34. The number of para-hydroxylation sites is 1. The molecular formula is C25H27N5O3. The van der Waals surface area contributed by atoms with Gasteiger partial charge in [0.1, 0.15) is 23.7 Å². The van der Waals surface area contributed by atoms with Gasteiger partial charge in [-0.2, -0.15) is 5.26 Å². The molecule has 2 aliphatic rings. The zero-order chi connectivity index (χ0) is 22.9. The molecule has 33 heavy (non-hydrogen) atoms. The largest absolute Gasteiger partial charge is 0.495 e. The van der Waals surface area contributed by atoms with E-state index in [0.29, 0.717) is 37.5 Å². The van der Waals surface area contributed by atoms with Crippen LogP contribution in [0.4, 0.5) is 5.82 Å². The predicted molar refractivity (Wildman–Crippen MR) is 125 cm³/mol. The standard InChI is InChI=1S/C25H27N5O3/c1-33-21-8-4-6-18-19(15-27-22(18)21)23(25(31)32)29-9-11-30(12-10-29)24-17(14-26)13-16-5-2-3-7-20(16)28-24/h4,6,8,13,15,23,27H,2-3,5,7,9-12H2,1H3,(H,31,32)/t23-/m1/s1. The molecule has 8 heteroatoms. The molecule has 1 aliphatic heterocycles. The number of rotatable bonds is 5. The minimum Gasteiger partial charge on any atom is -0.495 e. The Morgan fingerprint density at radius 1 is 1.24 bits per heavy atom.